The second-order valence-electron chi connectivity index (χ2n) is 6.90. The van der Waals surface area contributed by atoms with Crippen LogP contribution in [0.5, 0.6) is 0 Å². The lowest BCUT2D eigenvalue weighted by atomic mass is 10.0. The summed E-state index contributed by atoms with van der Waals surface area (Å²) in [5.74, 6) is 0. The van der Waals surface area contributed by atoms with Gasteiger partial charge in [-0.15, -0.1) is 0 Å². The van der Waals surface area contributed by atoms with Crippen LogP contribution in [-0.4, -0.2) is 24.3 Å². The largest absolute Gasteiger partial charge is 0.311 e. The molecule has 0 saturated carbocycles. The van der Waals surface area contributed by atoms with Gasteiger partial charge in [-0.3, -0.25) is 14.3 Å². The number of aromatic nitrogens is 5. The molecular formula is C20H18ClN5O2. The second-order valence-corrected chi connectivity index (χ2v) is 7.31. The smallest absolute Gasteiger partial charge is 0.269 e. The summed E-state index contributed by atoms with van der Waals surface area (Å²) in [6, 6.07) is 8.53. The molecule has 0 aliphatic heterocycles. The van der Waals surface area contributed by atoms with Crippen LogP contribution in [0.4, 0.5) is 0 Å². The van der Waals surface area contributed by atoms with E-state index in [0.717, 1.165) is 16.5 Å². The fraction of sp³-hybridized carbons (Fsp3) is 0.200. The zero-order valence-electron chi connectivity index (χ0n) is 15.6. The fourth-order valence-electron chi connectivity index (χ4n) is 3.13. The molecule has 1 N–H and O–H groups in total. The first-order valence-corrected chi connectivity index (χ1v) is 9.17. The highest BCUT2D eigenvalue weighted by Crippen LogP contribution is 2.32. The Labute approximate surface area is 165 Å². The van der Waals surface area contributed by atoms with Crippen molar-refractivity contribution in [2.75, 3.05) is 0 Å². The van der Waals surface area contributed by atoms with Gasteiger partial charge in [0.05, 0.1) is 0 Å². The van der Waals surface area contributed by atoms with Gasteiger partial charge in [0.15, 0.2) is 0 Å². The number of fused-ring (bicyclic) bond motifs is 1. The summed E-state index contributed by atoms with van der Waals surface area (Å²) >= 11 is 6.23. The van der Waals surface area contributed by atoms with Crippen molar-refractivity contribution in [1.29, 1.82) is 0 Å². The number of nitrogens with zero attached hydrogens (tertiary/aromatic N) is 4. The second kappa shape index (κ2) is 6.76. The van der Waals surface area contributed by atoms with Gasteiger partial charge in [-0.25, -0.2) is 4.98 Å². The molecule has 0 aliphatic carbocycles. The molecule has 0 bridgehead atoms. The first-order valence-electron chi connectivity index (χ1n) is 8.79. The van der Waals surface area contributed by atoms with Crippen LogP contribution in [0.2, 0.25) is 5.02 Å². The normalized spacial score (nSPS) is 11.5. The van der Waals surface area contributed by atoms with E-state index in [1.165, 1.54) is 6.07 Å². The van der Waals surface area contributed by atoms with Gasteiger partial charge in [-0.1, -0.05) is 11.6 Å². The predicted octanol–water partition coefficient (Wildman–Crippen LogP) is 3.39. The van der Waals surface area contributed by atoms with Crippen LogP contribution in [0.15, 0.2) is 52.3 Å². The molecule has 4 heterocycles. The van der Waals surface area contributed by atoms with Crippen LogP contribution >= 0.6 is 11.6 Å². The van der Waals surface area contributed by atoms with Crippen molar-refractivity contribution >= 4 is 22.6 Å². The number of hydrogen-bond acceptors (Lipinski definition) is 4. The summed E-state index contributed by atoms with van der Waals surface area (Å²) < 4.78 is 3.28. The van der Waals surface area contributed by atoms with Crippen LogP contribution in [-0.2, 0) is 7.05 Å². The van der Waals surface area contributed by atoms with Crippen molar-refractivity contribution in [2.45, 2.75) is 19.9 Å². The lowest BCUT2D eigenvalue weighted by Crippen LogP contribution is -2.21. The van der Waals surface area contributed by atoms with E-state index in [4.69, 9.17) is 11.6 Å². The van der Waals surface area contributed by atoms with Gasteiger partial charge in [0.2, 0.25) is 5.56 Å². The summed E-state index contributed by atoms with van der Waals surface area (Å²) in [6.45, 7) is 3.84. The van der Waals surface area contributed by atoms with Crippen LogP contribution in [0.3, 0.4) is 0 Å². The number of hydrogen-bond donors (Lipinski definition) is 1. The van der Waals surface area contributed by atoms with E-state index in [2.05, 4.69) is 15.1 Å². The average molecular weight is 396 g/mol. The molecule has 0 atom stereocenters. The van der Waals surface area contributed by atoms with E-state index < -0.39 is 0 Å². The van der Waals surface area contributed by atoms with Gasteiger partial charge >= 0.3 is 0 Å². The number of H-pyrrole nitrogens is 1. The van der Waals surface area contributed by atoms with Gasteiger partial charge in [0.25, 0.3) is 5.56 Å². The van der Waals surface area contributed by atoms with Crippen molar-refractivity contribution in [3.63, 3.8) is 0 Å². The number of halogens is 1. The average Bonchev–Trinajstić information content (AvgIpc) is 3.08. The third-order valence-electron chi connectivity index (χ3n) is 4.53. The van der Waals surface area contributed by atoms with Gasteiger partial charge in [0.1, 0.15) is 22.1 Å². The van der Waals surface area contributed by atoms with Gasteiger partial charge in [-0.05, 0) is 38.1 Å². The van der Waals surface area contributed by atoms with Crippen molar-refractivity contribution in [1.82, 2.24) is 24.3 Å². The van der Waals surface area contributed by atoms with E-state index in [-0.39, 0.29) is 22.2 Å². The Morgan fingerprint density at radius 1 is 1.14 bits per heavy atom. The molecule has 28 heavy (non-hydrogen) atoms. The number of aromatic amines is 1. The van der Waals surface area contributed by atoms with E-state index in [1.54, 1.807) is 27.6 Å². The zero-order valence-corrected chi connectivity index (χ0v) is 16.4. The lowest BCUT2D eigenvalue weighted by molar-refractivity contribution is 0.579. The highest BCUT2D eigenvalue weighted by Gasteiger charge is 2.17. The van der Waals surface area contributed by atoms with E-state index in [9.17, 15) is 9.59 Å². The molecule has 0 aliphatic rings. The predicted molar refractivity (Wildman–Crippen MR) is 110 cm³/mol. The van der Waals surface area contributed by atoms with E-state index in [1.807, 2.05) is 39.2 Å². The summed E-state index contributed by atoms with van der Waals surface area (Å²) in [6.07, 6.45) is 3.60. The Balaban J connectivity index is 2.07. The molecular weight excluding hydrogens is 378 g/mol. The van der Waals surface area contributed by atoms with Crippen LogP contribution < -0.4 is 11.1 Å². The molecule has 7 nitrogen and oxygen atoms in total. The van der Waals surface area contributed by atoms with Crippen LogP contribution in [0.1, 0.15) is 19.9 Å². The van der Waals surface area contributed by atoms with Crippen molar-refractivity contribution < 1.29 is 0 Å². The standard InChI is InChI=1S/C20H18ClN5O2/c1-11(2)26-10-13(9-15(21)20(26)28)14-8-12-4-5-17(27)22-19(12)23-18(14)16-6-7-25(3)24-16/h4-11H,1-3H3,(H,22,23,27). The maximum atomic E-state index is 12.4. The molecule has 8 heteroatoms. The maximum absolute atomic E-state index is 12.4. The van der Waals surface area contributed by atoms with Gasteiger partial charge in [0, 0.05) is 48.1 Å². The number of pyridine rings is 3. The molecule has 0 unspecified atom stereocenters. The van der Waals surface area contributed by atoms with Crippen molar-refractivity contribution in [3.05, 3.63) is 68.5 Å². The number of nitrogens with one attached hydrogen (secondary N) is 1. The summed E-state index contributed by atoms with van der Waals surface area (Å²) in [7, 11) is 1.82. The van der Waals surface area contributed by atoms with Crippen molar-refractivity contribution in [2.24, 2.45) is 7.05 Å². The molecule has 0 fully saturated rings. The minimum atomic E-state index is -0.238. The topological polar surface area (TPSA) is 85.6 Å². The highest BCUT2D eigenvalue weighted by molar-refractivity contribution is 6.30. The monoisotopic (exact) mass is 395 g/mol. The Morgan fingerprint density at radius 2 is 1.93 bits per heavy atom. The summed E-state index contributed by atoms with van der Waals surface area (Å²) in [5, 5.41) is 5.36. The third kappa shape index (κ3) is 3.14. The zero-order chi connectivity index (χ0) is 20.0. The third-order valence-corrected chi connectivity index (χ3v) is 4.80. The summed E-state index contributed by atoms with van der Waals surface area (Å²) in [4.78, 5) is 31.5. The fourth-order valence-corrected chi connectivity index (χ4v) is 3.35. The quantitative estimate of drug-likeness (QED) is 0.576. The van der Waals surface area contributed by atoms with Gasteiger partial charge < -0.3 is 9.55 Å². The lowest BCUT2D eigenvalue weighted by Gasteiger charge is -2.15. The van der Waals surface area contributed by atoms with Crippen molar-refractivity contribution in [3.8, 4) is 22.5 Å². The Morgan fingerprint density at radius 3 is 2.61 bits per heavy atom. The first-order chi connectivity index (χ1) is 13.3. The van der Waals surface area contributed by atoms with Crippen LogP contribution in [0, 0.1) is 0 Å². The molecule has 142 valence electrons. The molecule has 0 spiro atoms. The first kappa shape index (κ1) is 18.2. The minimum absolute atomic E-state index is 0.0481. The molecule has 0 amide bonds. The molecule has 4 aromatic rings. The molecule has 4 aromatic heterocycles. The van der Waals surface area contributed by atoms with Crippen LogP contribution in [0.25, 0.3) is 33.5 Å². The molecule has 0 radical (unpaired) electrons. The minimum Gasteiger partial charge on any atom is -0.311 e. The number of rotatable bonds is 3. The SMILES string of the molecule is CC(C)n1cc(-c2cc3ccc(=O)[nH]c3nc2-c2ccn(C)n2)cc(Cl)c1=O. The number of aryl methyl sites for hydroxylation is 1. The van der Waals surface area contributed by atoms with E-state index >= 15 is 0 Å². The maximum Gasteiger partial charge on any atom is 0.269 e. The van der Waals surface area contributed by atoms with Gasteiger partial charge in [-0.2, -0.15) is 5.10 Å². The highest BCUT2D eigenvalue weighted by atomic mass is 35.5. The molecule has 0 aromatic carbocycles. The summed E-state index contributed by atoms with van der Waals surface area (Å²) in [5.41, 5.74) is 2.78. The molecule has 4 rings (SSSR count). The van der Waals surface area contributed by atoms with E-state index in [0.29, 0.717) is 17.0 Å². The Bertz CT molecular complexity index is 1320. The Kier molecular flexibility index (Phi) is 4.39. The Hall–Kier alpha value is -3.19. The molecule has 0 saturated heterocycles.